The molecule has 1 atom stereocenters. The van der Waals surface area contributed by atoms with E-state index in [1.54, 1.807) is 19.3 Å². The fraction of sp³-hybridized carbons (Fsp3) is 0.708. The summed E-state index contributed by atoms with van der Waals surface area (Å²) in [6.45, 7) is 6.08. The predicted molar refractivity (Wildman–Crippen MR) is 117 cm³/mol. The second kappa shape index (κ2) is 9.98. The number of pyridine rings is 1. The maximum atomic E-state index is 13.0. The summed E-state index contributed by atoms with van der Waals surface area (Å²) in [5.41, 5.74) is -0.0774. The standard InChI is InChI=1S/C24H35N3O4/c1-19(28)26-11-4-21(5-12-26)23(29)27-13-8-24(9-14-27)17-20(7-16-31-24)6-15-30-22-3-2-10-25-18-22/h2-3,10,18,20-21H,4-9,11-17H2,1H3. The van der Waals surface area contributed by atoms with Gasteiger partial charge in [-0.3, -0.25) is 14.6 Å². The molecule has 0 N–H and O–H groups in total. The second-order valence-corrected chi connectivity index (χ2v) is 9.32. The Labute approximate surface area is 185 Å². The number of carbonyl (C=O) groups excluding carboxylic acids is 2. The average molecular weight is 430 g/mol. The highest BCUT2D eigenvalue weighted by Crippen LogP contribution is 2.39. The number of hydrogen-bond acceptors (Lipinski definition) is 5. The minimum absolute atomic E-state index is 0.0642. The molecule has 0 aromatic carbocycles. The van der Waals surface area contributed by atoms with Crippen molar-refractivity contribution in [1.29, 1.82) is 0 Å². The zero-order valence-electron chi connectivity index (χ0n) is 18.6. The van der Waals surface area contributed by atoms with E-state index >= 15 is 0 Å². The zero-order valence-corrected chi connectivity index (χ0v) is 18.6. The molecule has 1 spiro atoms. The summed E-state index contributed by atoms with van der Waals surface area (Å²) in [4.78, 5) is 32.5. The molecule has 7 heteroatoms. The molecule has 3 aliphatic rings. The molecule has 3 saturated heterocycles. The largest absolute Gasteiger partial charge is 0.492 e. The van der Waals surface area contributed by atoms with E-state index in [9.17, 15) is 9.59 Å². The van der Waals surface area contributed by atoms with Crippen LogP contribution >= 0.6 is 0 Å². The van der Waals surface area contributed by atoms with Crippen molar-refractivity contribution < 1.29 is 19.1 Å². The second-order valence-electron chi connectivity index (χ2n) is 9.32. The van der Waals surface area contributed by atoms with Crippen LogP contribution < -0.4 is 4.74 Å². The molecule has 1 aromatic rings. The Morgan fingerprint density at radius 2 is 1.94 bits per heavy atom. The minimum Gasteiger partial charge on any atom is -0.492 e. The summed E-state index contributed by atoms with van der Waals surface area (Å²) < 4.78 is 12.1. The van der Waals surface area contributed by atoms with Crippen molar-refractivity contribution in [1.82, 2.24) is 14.8 Å². The molecule has 7 nitrogen and oxygen atoms in total. The van der Waals surface area contributed by atoms with Crippen LogP contribution in [0.25, 0.3) is 0 Å². The van der Waals surface area contributed by atoms with Crippen LogP contribution in [0.2, 0.25) is 0 Å². The van der Waals surface area contributed by atoms with Gasteiger partial charge in [0, 0.05) is 51.8 Å². The van der Waals surface area contributed by atoms with E-state index in [0.717, 1.165) is 70.4 Å². The molecule has 0 bridgehead atoms. The molecule has 31 heavy (non-hydrogen) atoms. The highest BCUT2D eigenvalue weighted by molar-refractivity contribution is 5.80. The number of likely N-dealkylation sites (tertiary alicyclic amines) is 2. The van der Waals surface area contributed by atoms with Gasteiger partial charge in [0.15, 0.2) is 0 Å². The minimum atomic E-state index is -0.0774. The van der Waals surface area contributed by atoms with Crippen LogP contribution in [-0.2, 0) is 14.3 Å². The molecular formula is C24H35N3O4. The van der Waals surface area contributed by atoms with Crippen molar-refractivity contribution in [2.24, 2.45) is 11.8 Å². The zero-order chi connectivity index (χ0) is 21.7. The third-order valence-corrected chi connectivity index (χ3v) is 7.30. The topological polar surface area (TPSA) is 72.0 Å². The van der Waals surface area contributed by atoms with Gasteiger partial charge < -0.3 is 19.3 Å². The van der Waals surface area contributed by atoms with E-state index in [4.69, 9.17) is 9.47 Å². The smallest absolute Gasteiger partial charge is 0.225 e. The van der Waals surface area contributed by atoms with Crippen molar-refractivity contribution in [3.63, 3.8) is 0 Å². The normalized spacial score (nSPS) is 24.2. The molecule has 3 aliphatic heterocycles. The molecule has 4 rings (SSSR count). The first-order chi connectivity index (χ1) is 15.0. The molecule has 3 fully saturated rings. The number of carbonyl (C=O) groups is 2. The lowest BCUT2D eigenvalue weighted by Gasteiger charge is -2.47. The first-order valence-corrected chi connectivity index (χ1v) is 11.8. The summed E-state index contributed by atoms with van der Waals surface area (Å²) >= 11 is 0. The molecule has 170 valence electrons. The van der Waals surface area contributed by atoms with Gasteiger partial charge in [0.2, 0.25) is 11.8 Å². The van der Waals surface area contributed by atoms with Gasteiger partial charge in [0.05, 0.1) is 18.4 Å². The van der Waals surface area contributed by atoms with Gasteiger partial charge in [-0.05, 0) is 63.0 Å². The Kier molecular flexibility index (Phi) is 7.10. The van der Waals surface area contributed by atoms with Crippen molar-refractivity contribution in [2.45, 2.75) is 57.5 Å². The third kappa shape index (κ3) is 5.56. The lowest BCUT2D eigenvalue weighted by atomic mass is 9.78. The fourth-order valence-electron chi connectivity index (χ4n) is 5.33. The van der Waals surface area contributed by atoms with Gasteiger partial charge in [0.1, 0.15) is 5.75 Å². The van der Waals surface area contributed by atoms with Gasteiger partial charge in [-0.25, -0.2) is 0 Å². The van der Waals surface area contributed by atoms with Crippen LogP contribution in [0.3, 0.4) is 0 Å². The van der Waals surface area contributed by atoms with Crippen molar-refractivity contribution >= 4 is 11.8 Å². The van der Waals surface area contributed by atoms with E-state index in [-0.39, 0.29) is 23.3 Å². The molecule has 0 radical (unpaired) electrons. The van der Waals surface area contributed by atoms with Crippen LogP contribution in [0.4, 0.5) is 0 Å². The van der Waals surface area contributed by atoms with E-state index < -0.39 is 0 Å². The maximum absolute atomic E-state index is 13.0. The lowest BCUT2D eigenvalue weighted by Crippen LogP contribution is -2.52. The maximum Gasteiger partial charge on any atom is 0.225 e. The Morgan fingerprint density at radius 1 is 1.16 bits per heavy atom. The summed E-state index contributed by atoms with van der Waals surface area (Å²) in [6.07, 6.45) is 10.1. The SMILES string of the molecule is CC(=O)N1CCC(C(=O)N2CCC3(CC2)CC(CCOc2cccnc2)CCO3)CC1. The Bertz CT molecular complexity index is 740. The quantitative estimate of drug-likeness (QED) is 0.720. The number of rotatable bonds is 5. The van der Waals surface area contributed by atoms with Crippen molar-refractivity contribution in [3.05, 3.63) is 24.5 Å². The number of amides is 2. The van der Waals surface area contributed by atoms with Crippen LogP contribution in [0, 0.1) is 11.8 Å². The van der Waals surface area contributed by atoms with Crippen LogP contribution in [0.15, 0.2) is 24.5 Å². The van der Waals surface area contributed by atoms with E-state index in [1.807, 2.05) is 21.9 Å². The number of nitrogens with zero attached hydrogens (tertiary/aromatic N) is 3. The van der Waals surface area contributed by atoms with E-state index in [1.165, 1.54) is 0 Å². The molecule has 0 aliphatic carbocycles. The van der Waals surface area contributed by atoms with E-state index in [2.05, 4.69) is 4.98 Å². The van der Waals surface area contributed by atoms with Crippen LogP contribution in [-0.4, -0.2) is 71.6 Å². The highest BCUT2D eigenvalue weighted by Gasteiger charge is 2.42. The molecule has 1 unspecified atom stereocenters. The predicted octanol–water partition coefficient (Wildman–Crippen LogP) is 2.90. The summed E-state index contributed by atoms with van der Waals surface area (Å²) in [6, 6.07) is 3.83. The number of aromatic nitrogens is 1. The Balaban J connectivity index is 1.22. The van der Waals surface area contributed by atoms with Gasteiger partial charge in [-0.1, -0.05) is 0 Å². The van der Waals surface area contributed by atoms with Crippen molar-refractivity contribution in [3.8, 4) is 5.75 Å². The molecule has 4 heterocycles. The summed E-state index contributed by atoms with van der Waals surface area (Å²) in [7, 11) is 0. The summed E-state index contributed by atoms with van der Waals surface area (Å²) in [5, 5.41) is 0. The lowest BCUT2D eigenvalue weighted by molar-refractivity contribution is -0.152. The molecule has 2 amide bonds. The Morgan fingerprint density at radius 3 is 2.61 bits per heavy atom. The third-order valence-electron chi connectivity index (χ3n) is 7.30. The van der Waals surface area contributed by atoms with Crippen molar-refractivity contribution in [2.75, 3.05) is 39.4 Å². The van der Waals surface area contributed by atoms with Crippen LogP contribution in [0.1, 0.15) is 51.9 Å². The van der Waals surface area contributed by atoms with Gasteiger partial charge in [-0.2, -0.15) is 0 Å². The number of piperidine rings is 2. The monoisotopic (exact) mass is 429 g/mol. The Hall–Kier alpha value is -2.15. The number of ether oxygens (including phenoxy) is 2. The highest BCUT2D eigenvalue weighted by atomic mass is 16.5. The first-order valence-electron chi connectivity index (χ1n) is 11.8. The van der Waals surface area contributed by atoms with E-state index in [0.29, 0.717) is 25.6 Å². The van der Waals surface area contributed by atoms with Gasteiger partial charge in [0.25, 0.3) is 0 Å². The molecule has 1 aromatic heterocycles. The average Bonchev–Trinajstić information content (AvgIpc) is 2.80. The first kappa shape index (κ1) is 22.1. The van der Waals surface area contributed by atoms with Gasteiger partial charge in [-0.15, -0.1) is 0 Å². The molecular weight excluding hydrogens is 394 g/mol. The fourth-order valence-corrected chi connectivity index (χ4v) is 5.33. The van der Waals surface area contributed by atoms with Crippen LogP contribution in [0.5, 0.6) is 5.75 Å². The summed E-state index contributed by atoms with van der Waals surface area (Å²) in [5.74, 6) is 1.87. The number of hydrogen-bond donors (Lipinski definition) is 0. The molecule has 0 saturated carbocycles. The van der Waals surface area contributed by atoms with Gasteiger partial charge >= 0.3 is 0 Å².